The first kappa shape index (κ1) is 10.3. The third kappa shape index (κ3) is 2.78. The second kappa shape index (κ2) is 4.21. The molecule has 0 saturated heterocycles. The van der Waals surface area contributed by atoms with Crippen molar-refractivity contribution in [1.82, 2.24) is 0 Å². The first-order valence-electron chi connectivity index (χ1n) is 2.75. The summed E-state index contributed by atoms with van der Waals surface area (Å²) in [5.74, 6) is -0.456. The van der Waals surface area contributed by atoms with E-state index in [0.29, 0.717) is 10.6 Å². The minimum Gasteiger partial charge on any atom is -0.366 e. The van der Waals surface area contributed by atoms with Crippen LogP contribution in [-0.4, -0.2) is 5.91 Å². The van der Waals surface area contributed by atoms with E-state index in [4.69, 9.17) is 17.3 Å². The first-order chi connectivity index (χ1) is 4.70. The SMILES string of the molecule is Cl.NC(=O)c1cccc(Cl)c1. The third-order valence-corrected chi connectivity index (χ3v) is 1.34. The standard InChI is InChI=1S/C7H6ClNO.ClH/c8-6-3-1-2-5(4-6)7(9)10;/h1-4H,(H2,9,10);1H. The Morgan fingerprint density at radius 1 is 1.45 bits per heavy atom. The molecule has 1 rings (SSSR count). The zero-order chi connectivity index (χ0) is 7.56. The summed E-state index contributed by atoms with van der Waals surface area (Å²) in [5, 5.41) is 0.524. The highest BCUT2D eigenvalue weighted by atomic mass is 35.5. The van der Waals surface area contributed by atoms with Crippen LogP contribution in [0.25, 0.3) is 0 Å². The highest BCUT2D eigenvalue weighted by molar-refractivity contribution is 6.30. The van der Waals surface area contributed by atoms with Gasteiger partial charge in [-0.2, -0.15) is 0 Å². The van der Waals surface area contributed by atoms with E-state index in [0.717, 1.165) is 0 Å². The van der Waals surface area contributed by atoms with E-state index in [-0.39, 0.29) is 12.4 Å². The molecular weight excluding hydrogens is 185 g/mol. The Balaban J connectivity index is 0.000001000. The summed E-state index contributed by atoms with van der Waals surface area (Å²) in [6.45, 7) is 0. The molecule has 0 aliphatic carbocycles. The molecule has 2 N–H and O–H groups in total. The molecule has 60 valence electrons. The minimum atomic E-state index is -0.456. The Morgan fingerprint density at radius 2 is 2.09 bits per heavy atom. The summed E-state index contributed by atoms with van der Waals surface area (Å²) in [6.07, 6.45) is 0. The number of hydrogen-bond acceptors (Lipinski definition) is 1. The lowest BCUT2D eigenvalue weighted by Gasteiger charge is -1.93. The molecule has 2 nitrogen and oxygen atoms in total. The molecule has 0 aromatic heterocycles. The fourth-order valence-electron chi connectivity index (χ4n) is 0.642. The van der Waals surface area contributed by atoms with Crippen molar-refractivity contribution in [2.45, 2.75) is 0 Å². The summed E-state index contributed by atoms with van der Waals surface area (Å²) in [6, 6.07) is 6.52. The van der Waals surface area contributed by atoms with Crippen molar-refractivity contribution in [3.05, 3.63) is 34.9 Å². The zero-order valence-corrected chi connectivity index (χ0v) is 7.15. The number of amides is 1. The largest absolute Gasteiger partial charge is 0.366 e. The van der Waals surface area contributed by atoms with Gasteiger partial charge in [0.2, 0.25) is 5.91 Å². The number of carbonyl (C=O) groups excluding carboxylic acids is 1. The normalized spacial score (nSPS) is 8.45. The van der Waals surface area contributed by atoms with Gasteiger partial charge in [0.25, 0.3) is 0 Å². The van der Waals surface area contributed by atoms with Crippen molar-refractivity contribution in [3.63, 3.8) is 0 Å². The Bertz CT molecular complexity index is 262. The van der Waals surface area contributed by atoms with Gasteiger partial charge in [-0.3, -0.25) is 4.79 Å². The Morgan fingerprint density at radius 3 is 2.45 bits per heavy atom. The van der Waals surface area contributed by atoms with E-state index in [1.54, 1.807) is 18.2 Å². The number of carbonyl (C=O) groups is 1. The lowest BCUT2D eigenvalue weighted by molar-refractivity contribution is 0.100. The molecule has 0 atom stereocenters. The summed E-state index contributed by atoms with van der Waals surface area (Å²) < 4.78 is 0. The Hall–Kier alpha value is -0.730. The second-order valence-electron chi connectivity index (χ2n) is 1.87. The zero-order valence-electron chi connectivity index (χ0n) is 5.58. The highest BCUT2D eigenvalue weighted by Gasteiger charge is 1.97. The molecule has 0 heterocycles. The van der Waals surface area contributed by atoms with Crippen LogP contribution in [-0.2, 0) is 0 Å². The number of nitrogens with two attached hydrogens (primary N) is 1. The molecule has 0 bridgehead atoms. The van der Waals surface area contributed by atoms with Gasteiger partial charge in [-0.15, -0.1) is 12.4 Å². The lowest BCUT2D eigenvalue weighted by atomic mass is 10.2. The highest BCUT2D eigenvalue weighted by Crippen LogP contribution is 2.09. The molecular formula is C7H7Cl2NO. The van der Waals surface area contributed by atoms with Crippen molar-refractivity contribution >= 4 is 29.9 Å². The first-order valence-corrected chi connectivity index (χ1v) is 3.13. The van der Waals surface area contributed by atoms with E-state index >= 15 is 0 Å². The van der Waals surface area contributed by atoms with Gasteiger partial charge in [0.05, 0.1) is 0 Å². The van der Waals surface area contributed by atoms with Crippen molar-refractivity contribution in [2.24, 2.45) is 5.73 Å². The smallest absolute Gasteiger partial charge is 0.248 e. The van der Waals surface area contributed by atoms with Gasteiger partial charge in [-0.25, -0.2) is 0 Å². The van der Waals surface area contributed by atoms with Gasteiger partial charge in [0.1, 0.15) is 0 Å². The van der Waals surface area contributed by atoms with Crippen LogP contribution in [0.15, 0.2) is 24.3 Å². The van der Waals surface area contributed by atoms with Gasteiger partial charge in [-0.05, 0) is 18.2 Å². The number of benzene rings is 1. The van der Waals surface area contributed by atoms with E-state index in [2.05, 4.69) is 0 Å². The lowest BCUT2D eigenvalue weighted by Crippen LogP contribution is -2.10. The van der Waals surface area contributed by atoms with Crippen molar-refractivity contribution < 1.29 is 4.79 Å². The van der Waals surface area contributed by atoms with E-state index < -0.39 is 5.91 Å². The molecule has 0 saturated carbocycles. The van der Waals surface area contributed by atoms with Gasteiger partial charge >= 0.3 is 0 Å². The van der Waals surface area contributed by atoms with Crippen LogP contribution < -0.4 is 5.73 Å². The molecule has 1 aromatic rings. The van der Waals surface area contributed by atoms with Crippen LogP contribution in [0.1, 0.15) is 10.4 Å². The summed E-state index contributed by atoms with van der Waals surface area (Å²) in [5.41, 5.74) is 5.42. The maximum atomic E-state index is 10.5. The Labute approximate surface area is 75.8 Å². The maximum absolute atomic E-state index is 10.5. The van der Waals surface area contributed by atoms with Crippen LogP contribution in [0.4, 0.5) is 0 Å². The second-order valence-corrected chi connectivity index (χ2v) is 2.31. The van der Waals surface area contributed by atoms with Gasteiger partial charge in [0.15, 0.2) is 0 Å². The van der Waals surface area contributed by atoms with E-state index in [1.807, 2.05) is 0 Å². The average molecular weight is 192 g/mol. The van der Waals surface area contributed by atoms with Crippen LogP contribution in [0.3, 0.4) is 0 Å². The predicted octanol–water partition coefficient (Wildman–Crippen LogP) is 1.86. The van der Waals surface area contributed by atoms with Crippen LogP contribution in [0.5, 0.6) is 0 Å². The van der Waals surface area contributed by atoms with Crippen molar-refractivity contribution in [2.75, 3.05) is 0 Å². The van der Waals surface area contributed by atoms with E-state index in [1.165, 1.54) is 6.07 Å². The molecule has 1 aromatic carbocycles. The number of primary amides is 1. The molecule has 0 fully saturated rings. The maximum Gasteiger partial charge on any atom is 0.248 e. The molecule has 1 amide bonds. The summed E-state index contributed by atoms with van der Waals surface area (Å²) in [4.78, 5) is 10.5. The van der Waals surface area contributed by atoms with Crippen LogP contribution in [0, 0.1) is 0 Å². The number of halogens is 2. The third-order valence-electron chi connectivity index (χ3n) is 1.11. The number of hydrogen-bond donors (Lipinski definition) is 1. The van der Waals surface area contributed by atoms with Crippen molar-refractivity contribution in [3.8, 4) is 0 Å². The van der Waals surface area contributed by atoms with Crippen LogP contribution in [0.2, 0.25) is 5.02 Å². The fraction of sp³-hybridized carbons (Fsp3) is 0. The van der Waals surface area contributed by atoms with Crippen LogP contribution >= 0.6 is 24.0 Å². The topological polar surface area (TPSA) is 43.1 Å². The average Bonchev–Trinajstić information content (AvgIpc) is 1.88. The van der Waals surface area contributed by atoms with Gasteiger partial charge in [-0.1, -0.05) is 17.7 Å². The molecule has 0 radical (unpaired) electrons. The monoisotopic (exact) mass is 191 g/mol. The quantitative estimate of drug-likeness (QED) is 0.724. The fourth-order valence-corrected chi connectivity index (χ4v) is 0.832. The molecule has 11 heavy (non-hydrogen) atoms. The molecule has 0 aliphatic rings. The van der Waals surface area contributed by atoms with Gasteiger partial charge in [0, 0.05) is 10.6 Å². The molecule has 4 heteroatoms. The molecule has 0 aliphatic heterocycles. The van der Waals surface area contributed by atoms with Crippen molar-refractivity contribution in [1.29, 1.82) is 0 Å². The Kier molecular flexibility index (Phi) is 3.93. The summed E-state index contributed by atoms with van der Waals surface area (Å²) >= 11 is 5.58. The minimum absolute atomic E-state index is 0. The molecule has 0 spiro atoms. The predicted molar refractivity (Wildman–Crippen MR) is 47.2 cm³/mol. The number of rotatable bonds is 1. The van der Waals surface area contributed by atoms with Gasteiger partial charge < -0.3 is 5.73 Å². The van der Waals surface area contributed by atoms with E-state index in [9.17, 15) is 4.79 Å². The summed E-state index contributed by atoms with van der Waals surface area (Å²) in [7, 11) is 0. The molecule has 0 unspecified atom stereocenters.